The van der Waals surface area contributed by atoms with Gasteiger partial charge in [0.05, 0.1) is 18.3 Å². The number of aliphatic hydroxyl groups excluding tert-OH is 1. The van der Waals surface area contributed by atoms with Crippen molar-refractivity contribution in [3.63, 3.8) is 0 Å². The largest absolute Gasteiger partial charge is 0.491 e. The van der Waals surface area contributed by atoms with E-state index in [4.69, 9.17) is 14.2 Å². The van der Waals surface area contributed by atoms with E-state index in [0.29, 0.717) is 13.0 Å². The highest BCUT2D eigenvalue weighted by Crippen LogP contribution is 2.22. The van der Waals surface area contributed by atoms with Gasteiger partial charge >= 0.3 is 0 Å². The maximum atomic E-state index is 9.61. The predicted molar refractivity (Wildman–Crippen MR) is 103 cm³/mol. The lowest BCUT2D eigenvalue weighted by molar-refractivity contribution is 0.0875. The maximum Gasteiger partial charge on any atom is 0.119 e. The van der Waals surface area contributed by atoms with E-state index in [1.807, 2.05) is 19.1 Å². The van der Waals surface area contributed by atoms with Gasteiger partial charge in [0.2, 0.25) is 0 Å². The van der Waals surface area contributed by atoms with Crippen molar-refractivity contribution >= 4 is 5.69 Å². The highest BCUT2D eigenvalue weighted by atomic mass is 16.5. The molecular weight excluding hydrogens is 318 g/mol. The number of benzene rings is 1. The lowest BCUT2D eigenvalue weighted by Gasteiger charge is -2.31. The summed E-state index contributed by atoms with van der Waals surface area (Å²) in [4.78, 5) is 2.31. The Kier molecular flexibility index (Phi) is 10.5. The molecule has 144 valence electrons. The fraction of sp³-hybridized carbons (Fsp3) is 0.700. The molecule has 5 nitrogen and oxygen atoms in total. The first kappa shape index (κ1) is 21.7. The summed E-state index contributed by atoms with van der Waals surface area (Å²) in [6.07, 6.45) is 2.57. The molecule has 0 heterocycles. The van der Waals surface area contributed by atoms with Gasteiger partial charge in [-0.05, 0) is 43.5 Å². The van der Waals surface area contributed by atoms with Crippen LogP contribution in [0.3, 0.4) is 0 Å². The third kappa shape index (κ3) is 7.63. The van der Waals surface area contributed by atoms with Gasteiger partial charge in [0.15, 0.2) is 0 Å². The van der Waals surface area contributed by atoms with E-state index in [1.165, 1.54) is 0 Å². The quantitative estimate of drug-likeness (QED) is 0.588. The average Bonchev–Trinajstić information content (AvgIpc) is 2.67. The highest BCUT2D eigenvalue weighted by Gasteiger charge is 2.17. The molecule has 0 aliphatic heterocycles. The Morgan fingerprint density at radius 1 is 0.880 bits per heavy atom. The normalized spacial score (nSPS) is 14.8. The van der Waals surface area contributed by atoms with Crippen LogP contribution in [0.5, 0.6) is 5.75 Å². The van der Waals surface area contributed by atoms with Crippen LogP contribution in [0, 0.1) is 0 Å². The van der Waals surface area contributed by atoms with Crippen molar-refractivity contribution in [3.05, 3.63) is 24.3 Å². The number of hydrogen-bond donors (Lipinski definition) is 1. The highest BCUT2D eigenvalue weighted by molar-refractivity contribution is 5.49. The summed E-state index contributed by atoms with van der Waals surface area (Å²) in [7, 11) is 3.52. The first-order chi connectivity index (χ1) is 12.1. The van der Waals surface area contributed by atoms with Gasteiger partial charge in [-0.1, -0.05) is 20.8 Å². The second-order valence-electron chi connectivity index (χ2n) is 6.30. The first-order valence-electron chi connectivity index (χ1n) is 9.29. The summed E-state index contributed by atoms with van der Waals surface area (Å²) in [5.41, 5.74) is 1.12. The van der Waals surface area contributed by atoms with Crippen molar-refractivity contribution in [2.24, 2.45) is 0 Å². The number of nitrogens with zero attached hydrogens (tertiary/aromatic N) is 1. The van der Waals surface area contributed by atoms with E-state index in [-0.39, 0.29) is 12.2 Å². The molecule has 1 N–H and O–H groups in total. The average molecular weight is 354 g/mol. The molecular formula is C20H35NO4. The number of aliphatic hydroxyl groups is 1. The van der Waals surface area contributed by atoms with Crippen LogP contribution in [0.2, 0.25) is 0 Å². The third-order valence-electron chi connectivity index (χ3n) is 4.54. The summed E-state index contributed by atoms with van der Waals surface area (Å²) in [6, 6.07) is 8.01. The maximum absolute atomic E-state index is 9.61. The predicted octanol–water partition coefficient (Wildman–Crippen LogP) is 3.49. The second kappa shape index (κ2) is 12.1. The monoisotopic (exact) mass is 353 g/mol. The Labute approximate surface area is 152 Å². The van der Waals surface area contributed by atoms with Gasteiger partial charge in [-0.3, -0.25) is 0 Å². The minimum atomic E-state index is -0.421. The Bertz CT molecular complexity index is 430. The molecule has 0 saturated carbocycles. The van der Waals surface area contributed by atoms with Crippen LogP contribution < -0.4 is 9.64 Å². The van der Waals surface area contributed by atoms with Crippen LogP contribution in [0.25, 0.3) is 0 Å². The molecule has 3 atom stereocenters. The molecule has 0 aliphatic carbocycles. The van der Waals surface area contributed by atoms with Crippen molar-refractivity contribution < 1.29 is 19.3 Å². The zero-order chi connectivity index (χ0) is 18.7. The zero-order valence-electron chi connectivity index (χ0n) is 16.4. The van der Waals surface area contributed by atoms with Crippen molar-refractivity contribution in [1.29, 1.82) is 0 Å². The number of anilines is 1. The Balaban J connectivity index is 2.81. The number of methoxy groups -OCH3 is 2. The van der Waals surface area contributed by atoms with E-state index < -0.39 is 6.10 Å². The molecule has 1 aromatic rings. The van der Waals surface area contributed by atoms with Crippen LogP contribution in [0.1, 0.15) is 40.0 Å². The summed E-state index contributed by atoms with van der Waals surface area (Å²) >= 11 is 0. The van der Waals surface area contributed by atoms with Crippen LogP contribution in [0.15, 0.2) is 24.3 Å². The minimum Gasteiger partial charge on any atom is -0.491 e. The minimum absolute atomic E-state index is 0.185. The van der Waals surface area contributed by atoms with Gasteiger partial charge in [0.1, 0.15) is 12.4 Å². The Hall–Kier alpha value is -1.30. The molecule has 0 bridgehead atoms. The van der Waals surface area contributed by atoms with Gasteiger partial charge < -0.3 is 24.2 Å². The van der Waals surface area contributed by atoms with Crippen molar-refractivity contribution in [2.75, 3.05) is 38.8 Å². The number of ether oxygens (including phenoxy) is 3. The third-order valence-corrected chi connectivity index (χ3v) is 4.54. The van der Waals surface area contributed by atoms with E-state index in [1.54, 1.807) is 14.2 Å². The lowest BCUT2D eigenvalue weighted by Crippen LogP contribution is -2.39. The molecule has 5 heteroatoms. The van der Waals surface area contributed by atoms with Crippen LogP contribution in [-0.4, -0.2) is 57.3 Å². The molecule has 25 heavy (non-hydrogen) atoms. The van der Waals surface area contributed by atoms with Crippen LogP contribution in [-0.2, 0) is 9.47 Å². The van der Waals surface area contributed by atoms with Crippen LogP contribution in [0.4, 0.5) is 5.69 Å². The van der Waals surface area contributed by atoms with E-state index in [9.17, 15) is 5.11 Å². The molecule has 0 aromatic heterocycles. The molecule has 0 fully saturated rings. The molecule has 1 aromatic carbocycles. The van der Waals surface area contributed by atoms with Gasteiger partial charge in [0, 0.05) is 33.0 Å². The number of hydrogen-bond acceptors (Lipinski definition) is 5. The fourth-order valence-corrected chi connectivity index (χ4v) is 2.58. The molecule has 0 radical (unpaired) electrons. The summed E-state index contributed by atoms with van der Waals surface area (Å²) < 4.78 is 16.8. The van der Waals surface area contributed by atoms with Crippen LogP contribution >= 0.6 is 0 Å². The van der Waals surface area contributed by atoms with Crippen molar-refractivity contribution in [1.82, 2.24) is 0 Å². The molecule has 0 aliphatic rings. The fourth-order valence-electron chi connectivity index (χ4n) is 2.58. The molecule has 0 spiro atoms. The number of rotatable bonds is 13. The summed E-state index contributed by atoms with van der Waals surface area (Å²) in [6.45, 7) is 8.17. The van der Waals surface area contributed by atoms with E-state index in [2.05, 4.69) is 30.9 Å². The Morgan fingerprint density at radius 2 is 1.40 bits per heavy atom. The van der Waals surface area contributed by atoms with E-state index in [0.717, 1.165) is 37.4 Å². The SMILES string of the molecule is CCC(O)COc1ccc(N(CC(CC)OC)CC(CC)OC)cc1. The summed E-state index contributed by atoms with van der Waals surface area (Å²) in [5.74, 6) is 0.772. The molecule has 3 unspecified atom stereocenters. The van der Waals surface area contributed by atoms with Gasteiger partial charge in [-0.15, -0.1) is 0 Å². The molecule has 0 saturated heterocycles. The zero-order valence-corrected chi connectivity index (χ0v) is 16.4. The van der Waals surface area contributed by atoms with E-state index >= 15 is 0 Å². The van der Waals surface area contributed by atoms with Gasteiger partial charge in [-0.2, -0.15) is 0 Å². The molecule has 1 rings (SSSR count). The van der Waals surface area contributed by atoms with Crippen molar-refractivity contribution in [2.45, 2.75) is 58.3 Å². The lowest BCUT2D eigenvalue weighted by atomic mass is 10.1. The Morgan fingerprint density at radius 3 is 1.80 bits per heavy atom. The van der Waals surface area contributed by atoms with Crippen molar-refractivity contribution in [3.8, 4) is 5.75 Å². The topological polar surface area (TPSA) is 51.2 Å². The standard InChI is InChI=1S/C20H35NO4/c1-6-17(22)15-25-20-11-9-16(10-12-20)21(13-18(7-2)23-4)14-19(8-3)24-5/h9-12,17-19,22H,6-8,13-15H2,1-5H3. The second-order valence-corrected chi connectivity index (χ2v) is 6.30. The molecule has 0 amide bonds. The summed E-state index contributed by atoms with van der Waals surface area (Å²) in [5, 5.41) is 9.61. The smallest absolute Gasteiger partial charge is 0.119 e. The first-order valence-corrected chi connectivity index (χ1v) is 9.29. The van der Waals surface area contributed by atoms with Gasteiger partial charge in [0.25, 0.3) is 0 Å². The van der Waals surface area contributed by atoms with Gasteiger partial charge in [-0.25, -0.2) is 0 Å².